The maximum Gasteiger partial charge on any atom is 0.156 e. The van der Waals surface area contributed by atoms with E-state index in [0.717, 1.165) is 12.5 Å². The van der Waals surface area contributed by atoms with Crippen LogP contribution in [0.15, 0.2) is 4.99 Å². The molecule has 1 aliphatic heterocycles. The Morgan fingerprint density at radius 3 is 2.62 bits per heavy atom. The lowest BCUT2D eigenvalue weighted by Gasteiger charge is -2.13. The number of hydrogen-bond donors (Lipinski definition) is 1. The maximum absolute atomic E-state index is 4.62. The van der Waals surface area contributed by atoms with Gasteiger partial charge in [0.25, 0.3) is 0 Å². The van der Waals surface area contributed by atoms with Crippen molar-refractivity contribution in [3.05, 3.63) is 0 Å². The Morgan fingerprint density at radius 2 is 2.06 bits per heavy atom. The lowest BCUT2D eigenvalue weighted by Crippen LogP contribution is -2.31. The molecule has 1 N–H and O–H groups in total. The number of nitrogens with zero attached hydrogens (tertiary/aromatic N) is 1. The summed E-state index contributed by atoms with van der Waals surface area (Å²) in [7, 11) is 0. The topological polar surface area (TPSA) is 24.4 Å². The highest BCUT2D eigenvalue weighted by Gasteiger charge is 2.22. The van der Waals surface area contributed by atoms with Crippen molar-refractivity contribution < 1.29 is 0 Å². The Kier molecular flexibility index (Phi) is 6.25. The van der Waals surface area contributed by atoms with Gasteiger partial charge in [0.15, 0.2) is 5.17 Å². The van der Waals surface area contributed by atoms with Crippen LogP contribution in [-0.2, 0) is 0 Å². The minimum atomic E-state index is 0.624. The van der Waals surface area contributed by atoms with Crippen molar-refractivity contribution in [3.8, 4) is 0 Å². The zero-order valence-electron chi connectivity index (χ0n) is 11.1. The summed E-state index contributed by atoms with van der Waals surface area (Å²) in [6.07, 6.45) is 3.88. The molecule has 1 aliphatic rings. The highest BCUT2D eigenvalue weighted by atomic mass is 32.2. The fourth-order valence-electron chi connectivity index (χ4n) is 1.71. The van der Waals surface area contributed by atoms with Gasteiger partial charge in [0.1, 0.15) is 0 Å². The van der Waals surface area contributed by atoms with Crippen LogP contribution in [0, 0.1) is 11.8 Å². The zero-order chi connectivity index (χ0) is 12.0. The normalized spacial score (nSPS) is 23.4. The molecule has 1 fully saturated rings. The summed E-state index contributed by atoms with van der Waals surface area (Å²) in [6.45, 7) is 10.1. The molecule has 94 valence electrons. The van der Waals surface area contributed by atoms with Gasteiger partial charge in [-0.1, -0.05) is 52.3 Å². The van der Waals surface area contributed by atoms with Crippen molar-refractivity contribution >= 4 is 16.9 Å². The van der Waals surface area contributed by atoms with Crippen LogP contribution in [0.25, 0.3) is 0 Å². The second-order valence-electron chi connectivity index (χ2n) is 5.38. The van der Waals surface area contributed by atoms with Gasteiger partial charge in [-0.25, -0.2) is 0 Å². The maximum atomic E-state index is 4.62. The molecule has 0 saturated carbocycles. The summed E-state index contributed by atoms with van der Waals surface area (Å²) in [5, 5.41) is 4.67. The molecule has 1 saturated heterocycles. The molecule has 0 bridgehead atoms. The van der Waals surface area contributed by atoms with Gasteiger partial charge in [-0.05, 0) is 18.3 Å². The predicted molar refractivity (Wildman–Crippen MR) is 75.2 cm³/mol. The van der Waals surface area contributed by atoms with E-state index in [9.17, 15) is 0 Å². The standard InChI is InChI=1S/C13H26N2S/c1-10(2)7-5-6-8-14-13-15-12(9-16-13)11(3)4/h10-12H,5-9H2,1-4H3,(H,14,15)/t12-/m1/s1. The Hall–Kier alpha value is -0.180. The number of hydrogen-bond acceptors (Lipinski definition) is 2. The molecule has 0 aromatic rings. The molecule has 1 heterocycles. The molecule has 0 aliphatic carbocycles. The Labute approximate surface area is 105 Å². The first-order valence-corrected chi connectivity index (χ1v) is 7.52. The molecule has 0 radical (unpaired) electrons. The van der Waals surface area contributed by atoms with E-state index in [1.807, 2.05) is 11.8 Å². The second kappa shape index (κ2) is 7.21. The van der Waals surface area contributed by atoms with Crippen LogP contribution in [0.1, 0.15) is 47.0 Å². The smallest absolute Gasteiger partial charge is 0.156 e. The Balaban J connectivity index is 2.12. The summed E-state index contributed by atoms with van der Waals surface area (Å²) in [5.74, 6) is 2.72. The van der Waals surface area contributed by atoms with Gasteiger partial charge in [-0.2, -0.15) is 0 Å². The van der Waals surface area contributed by atoms with Crippen molar-refractivity contribution in [2.75, 3.05) is 12.3 Å². The van der Waals surface area contributed by atoms with Crippen LogP contribution in [0.4, 0.5) is 0 Å². The summed E-state index contributed by atoms with van der Waals surface area (Å²) < 4.78 is 0. The van der Waals surface area contributed by atoms with Crippen LogP contribution < -0.4 is 5.32 Å². The van der Waals surface area contributed by atoms with Crippen LogP contribution in [0.5, 0.6) is 0 Å². The molecule has 0 spiro atoms. The molecule has 0 aromatic heterocycles. The van der Waals surface area contributed by atoms with E-state index in [-0.39, 0.29) is 0 Å². The number of rotatable bonds is 6. The molecule has 3 heteroatoms. The minimum absolute atomic E-state index is 0.624. The molecule has 16 heavy (non-hydrogen) atoms. The molecule has 0 amide bonds. The van der Waals surface area contributed by atoms with Gasteiger partial charge in [0.05, 0.1) is 0 Å². The van der Waals surface area contributed by atoms with Crippen LogP contribution in [-0.4, -0.2) is 23.5 Å². The van der Waals surface area contributed by atoms with Gasteiger partial charge in [-0.15, -0.1) is 0 Å². The van der Waals surface area contributed by atoms with Crippen LogP contribution >= 0.6 is 11.8 Å². The SMILES string of the molecule is CC(C)CCCCN=C1N[C@@H](C(C)C)CS1. The summed E-state index contributed by atoms with van der Waals surface area (Å²) in [5.41, 5.74) is 0. The van der Waals surface area contributed by atoms with E-state index in [4.69, 9.17) is 0 Å². The first-order chi connectivity index (χ1) is 7.59. The molecule has 1 atom stereocenters. The fourth-order valence-corrected chi connectivity index (χ4v) is 2.93. The van der Waals surface area contributed by atoms with E-state index in [2.05, 4.69) is 38.0 Å². The van der Waals surface area contributed by atoms with Crippen molar-refractivity contribution in [3.63, 3.8) is 0 Å². The Bertz CT molecular complexity index is 224. The quantitative estimate of drug-likeness (QED) is 0.721. The first-order valence-electron chi connectivity index (χ1n) is 6.53. The monoisotopic (exact) mass is 242 g/mol. The van der Waals surface area contributed by atoms with E-state index in [1.165, 1.54) is 30.2 Å². The molecule has 2 nitrogen and oxygen atoms in total. The molecular formula is C13H26N2S. The van der Waals surface area contributed by atoms with Gasteiger partial charge in [0, 0.05) is 18.3 Å². The molecule has 0 aromatic carbocycles. The second-order valence-corrected chi connectivity index (χ2v) is 6.39. The molecular weight excluding hydrogens is 216 g/mol. The van der Waals surface area contributed by atoms with E-state index >= 15 is 0 Å². The predicted octanol–water partition coefficient (Wildman–Crippen LogP) is 3.53. The van der Waals surface area contributed by atoms with Gasteiger partial charge in [-0.3, -0.25) is 4.99 Å². The average Bonchev–Trinajstić information content (AvgIpc) is 2.65. The number of amidine groups is 1. The van der Waals surface area contributed by atoms with Gasteiger partial charge >= 0.3 is 0 Å². The zero-order valence-corrected chi connectivity index (χ0v) is 11.9. The van der Waals surface area contributed by atoms with Crippen molar-refractivity contribution in [2.24, 2.45) is 16.8 Å². The van der Waals surface area contributed by atoms with E-state index in [0.29, 0.717) is 12.0 Å². The summed E-state index contributed by atoms with van der Waals surface area (Å²) >= 11 is 1.88. The number of unbranched alkanes of at least 4 members (excludes halogenated alkanes) is 1. The number of nitrogens with one attached hydrogen (secondary N) is 1. The average molecular weight is 242 g/mol. The highest BCUT2D eigenvalue weighted by Crippen LogP contribution is 2.19. The lowest BCUT2D eigenvalue weighted by atomic mass is 10.1. The highest BCUT2D eigenvalue weighted by molar-refractivity contribution is 8.14. The van der Waals surface area contributed by atoms with E-state index < -0.39 is 0 Å². The van der Waals surface area contributed by atoms with Crippen LogP contribution in [0.2, 0.25) is 0 Å². The first kappa shape index (κ1) is 13.9. The third-order valence-corrected chi connectivity index (χ3v) is 4.00. The molecule has 1 rings (SSSR count). The largest absolute Gasteiger partial charge is 0.361 e. The van der Waals surface area contributed by atoms with Crippen molar-refractivity contribution in [2.45, 2.75) is 53.0 Å². The summed E-state index contributed by atoms with van der Waals surface area (Å²) in [6, 6.07) is 0.624. The third-order valence-electron chi connectivity index (χ3n) is 2.96. The lowest BCUT2D eigenvalue weighted by molar-refractivity contribution is 0.502. The van der Waals surface area contributed by atoms with Gasteiger partial charge < -0.3 is 5.32 Å². The van der Waals surface area contributed by atoms with E-state index in [1.54, 1.807) is 0 Å². The Morgan fingerprint density at radius 1 is 1.31 bits per heavy atom. The van der Waals surface area contributed by atoms with Gasteiger partial charge in [0.2, 0.25) is 0 Å². The minimum Gasteiger partial charge on any atom is -0.361 e. The third kappa shape index (κ3) is 5.24. The van der Waals surface area contributed by atoms with Crippen LogP contribution in [0.3, 0.4) is 0 Å². The van der Waals surface area contributed by atoms with Crippen molar-refractivity contribution in [1.82, 2.24) is 5.32 Å². The summed E-state index contributed by atoms with van der Waals surface area (Å²) in [4.78, 5) is 4.62. The number of aliphatic imine (C=N–C) groups is 1. The van der Waals surface area contributed by atoms with Crippen molar-refractivity contribution in [1.29, 1.82) is 0 Å². The number of thioether (sulfide) groups is 1. The molecule has 0 unspecified atom stereocenters. The fraction of sp³-hybridized carbons (Fsp3) is 0.923.